The smallest absolute Gasteiger partial charge is 0.230 e. The Morgan fingerprint density at radius 3 is 2.83 bits per heavy atom. The van der Waals surface area contributed by atoms with Gasteiger partial charge in [-0.05, 0) is 26.3 Å². The quantitative estimate of drug-likeness (QED) is 0.697. The van der Waals surface area contributed by atoms with Crippen LogP contribution in [0.3, 0.4) is 0 Å². The summed E-state index contributed by atoms with van der Waals surface area (Å²) in [6, 6.07) is 8.28. The number of thioether (sulfide) groups is 1. The summed E-state index contributed by atoms with van der Waals surface area (Å²) in [5.41, 5.74) is 2.77. The molecule has 1 N–H and O–H groups in total. The standard InChI is InChI=1S/C17H21N5OS/c1-4-9-22-13-8-6-5-7-12(13)15-16(22)19-17(21-20-15)24-10-14(23)18-11(2)3/h5-8,11H,4,9-10H2,1-3H3,(H,18,23). The van der Waals surface area contributed by atoms with Crippen molar-refractivity contribution in [2.24, 2.45) is 0 Å². The van der Waals surface area contributed by atoms with E-state index in [9.17, 15) is 4.79 Å². The number of aromatic nitrogens is 4. The van der Waals surface area contributed by atoms with Crippen LogP contribution in [0.1, 0.15) is 27.2 Å². The van der Waals surface area contributed by atoms with Gasteiger partial charge < -0.3 is 9.88 Å². The van der Waals surface area contributed by atoms with Gasteiger partial charge in [0.15, 0.2) is 5.65 Å². The zero-order valence-corrected chi connectivity index (χ0v) is 14.9. The van der Waals surface area contributed by atoms with Crippen LogP contribution in [-0.2, 0) is 11.3 Å². The van der Waals surface area contributed by atoms with E-state index in [1.165, 1.54) is 11.8 Å². The molecule has 7 heteroatoms. The third-order valence-corrected chi connectivity index (χ3v) is 4.42. The summed E-state index contributed by atoms with van der Waals surface area (Å²) in [4.78, 5) is 16.4. The van der Waals surface area contributed by atoms with Crippen LogP contribution in [0, 0.1) is 0 Å². The highest BCUT2D eigenvalue weighted by Gasteiger charge is 2.15. The van der Waals surface area contributed by atoms with Gasteiger partial charge in [-0.1, -0.05) is 36.9 Å². The molecule has 3 rings (SSSR count). The van der Waals surface area contributed by atoms with Crippen molar-refractivity contribution >= 4 is 39.7 Å². The number of rotatable bonds is 6. The molecule has 0 aliphatic rings. The van der Waals surface area contributed by atoms with Crippen LogP contribution >= 0.6 is 11.8 Å². The molecule has 0 fully saturated rings. The SMILES string of the molecule is CCCn1c2ccccc2c2nnc(SCC(=O)NC(C)C)nc21. The molecule has 1 aromatic carbocycles. The zero-order chi connectivity index (χ0) is 17.1. The highest BCUT2D eigenvalue weighted by atomic mass is 32.2. The fourth-order valence-electron chi connectivity index (χ4n) is 2.69. The van der Waals surface area contributed by atoms with Gasteiger partial charge in [-0.15, -0.1) is 10.2 Å². The lowest BCUT2D eigenvalue weighted by atomic mass is 10.2. The largest absolute Gasteiger partial charge is 0.353 e. The van der Waals surface area contributed by atoms with E-state index in [0.29, 0.717) is 10.9 Å². The van der Waals surface area contributed by atoms with Crippen LogP contribution in [0.25, 0.3) is 22.1 Å². The summed E-state index contributed by atoms with van der Waals surface area (Å²) in [5, 5.41) is 13.0. The number of carbonyl (C=O) groups is 1. The third-order valence-electron chi connectivity index (χ3n) is 3.58. The van der Waals surface area contributed by atoms with Crippen LogP contribution < -0.4 is 5.32 Å². The number of para-hydroxylation sites is 1. The van der Waals surface area contributed by atoms with Crippen molar-refractivity contribution in [3.63, 3.8) is 0 Å². The van der Waals surface area contributed by atoms with Crippen molar-refractivity contribution in [3.8, 4) is 0 Å². The van der Waals surface area contributed by atoms with Gasteiger partial charge in [-0.2, -0.15) is 0 Å². The van der Waals surface area contributed by atoms with E-state index < -0.39 is 0 Å². The molecular formula is C17H21N5OS. The number of carbonyl (C=O) groups excluding carboxylic acids is 1. The number of hydrogen-bond donors (Lipinski definition) is 1. The summed E-state index contributed by atoms with van der Waals surface area (Å²) < 4.78 is 2.18. The Morgan fingerprint density at radius 1 is 1.29 bits per heavy atom. The molecule has 0 aliphatic heterocycles. The van der Waals surface area contributed by atoms with Crippen LogP contribution in [-0.4, -0.2) is 37.5 Å². The maximum atomic E-state index is 11.8. The normalized spacial score (nSPS) is 11.5. The average Bonchev–Trinajstić information content (AvgIpc) is 2.87. The number of benzene rings is 1. The van der Waals surface area contributed by atoms with Gasteiger partial charge in [0, 0.05) is 18.0 Å². The Hall–Kier alpha value is -2.15. The molecule has 3 aromatic rings. The second kappa shape index (κ2) is 7.17. The molecule has 0 saturated carbocycles. The average molecular weight is 343 g/mol. The van der Waals surface area contributed by atoms with Crippen LogP contribution in [0.4, 0.5) is 0 Å². The molecule has 2 aromatic heterocycles. The lowest BCUT2D eigenvalue weighted by Gasteiger charge is -2.07. The first kappa shape index (κ1) is 16.7. The van der Waals surface area contributed by atoms with Crippen molar-refractivity contribution in [3.05, 3.63) is 24.3 Å². The molecule has 0 aliphatic carbocycles. The van der Waals surface area contributed by atoms with Crippen LogP contribution in [0.2, 0.25) is 0 Å². The lowest BCUT2D eigenvalue weighted by molar-refractivity contribution is -0.119. The molecule has 6 nitrogen and oxygen atoms in total. The molecule has 0 atom stereocenters. The van der Waals surface area contributed by atoms with Gasteiger partial charge in [0.1, 0.15) is 5.52 Å². The third kappa shape index (κ3) is 3.36. The van der Waals surface area contributed by atoms with E-state index in [1.54, 1.807) is 0 Å². The summed E-state index contributed by atoms with van der Waals surface area (Å²) in [6.07, 6.45) is 1.01. The molecule has 1 amide bonds. The van der Waals surface area contributed by atoms with Gasteiger partial charge >= 0.3 is 0 Å². The maximum Gasteiger partial charge on any atom is 0.230 e. The van der Waals surface area contributed by atoms with Gasteiger partial charge in [0.25, 0.3) is 0 Å². The second-order valence-electron chi connectivity index (χ2n) is 5.95. The molecule has 0 radical (unpaired) electrons. The van der Waals surface area contributed by atoms with E-state index in [4.69, 9.17) is 0 Å². The fraction of sp³-hybridized carbons (Fsp3) is 0.412. The van der Waals surface area contributed by atoms with Crippen molar-refractivity contribution in [2.45, 2.75) is 44.9 Å². The zero-order valence-electron chi connectivity index (χ0n) is 14.1. The van der Waals surface area contributed by atoms with Crippen molar-refractivity contribution in [1.29, 1.82) is 0 Å². The summed E-state index contributed by atoms with van der Waals surface area (Å²) in [5.74, 6) is 0.270. The molecule has 0 spiro atoms. The van der Waals surface area contributed by atoms with Crippen LogP contribution in [0.15, 0.2) is 29.4 Å². The first-order valence-electron chi connectivity index (χ1n) is 8.14. The van der Waals surface area contributed by atoms with Gasteiger partial charge in [-0.3, -0.25) is 4.79 Å². The molecule has 0 saturated heterocycles. The number of nitrogens with one attached hydrogen (secondary N) is 1. The molecular weight excluding hydrogens is 322 g/mol. The predicted octanol–water partition coefficient (Wildman–Crippen LogP) is 3.01. The van der Waals surface area contributed by atoms with Gasteiger partial charge in [0.2, 0.25) is 11.1 Å². The van der Waals surface area contributed by atoms with Gasteiger partial charge in [0.05, 0.1) is 11.3 Å². The predicted molar refractivity (Wildman–Crippen MR) is 97.1 cm³/mol. The minimum absolute atomic E-state index is 0.0206. The van der Waals surface area contributed by atoms with E-state index in [2.05, 4.69) is 38.1 Å². The first-order chi connectivity index (χ1) is 11.6. The monoisotopic (exact) mass is 343 g/mol. The van der Waals surface area contributed by atoms with Crippen molar-refractivity contribution < 1.29 is 4.79 Å². The highest BCUT2D eigenvalue weighted by molar-refractivity contribution is 7.99. The van der Waals surface area contributed by atoms with Crippen molar-refractivity contribution in [2.75, 3.05) is 5.75 Å². The Bertz CT molecular complexity index is 874. The summed E-state index contributed by atoms with van der Waals surface area (Å²) in [7, 11) is 0. The van der Waals surface area contributed by atoms with E-state index in [0.717, 1.165) is 35.0 Å². The number of fused-ring (bicyclic) bond motifs is 3. The van der Waals surface area contributed by atoms with Crippen LogP contribution in [0.5, 0.6) is 0 Å². The first-order valence-corrected chi connectivity index (χ1v) is 9.12. The minimum Gasteiger partial charge on any atom is -0.353 e. The molecule has 0 unspecified atom stereocenters. The van der Waals surface area contributed by atoms with E-state index in [-0.39, 0.29) is 11.9 Å². The fourth-order valence-corrected chi connectivity index (χ4v) is 3.29. The Morgan fingerprint density at radius 2 is 2.08 bits per heavy atom. The number of amides is 1. The summed E-state index contributed by atoms with van der Waals surface area (Å²) in [6.45, 7) is 6.90. The lowest BCUT2D eigenvalue weighted by Crippen LogP contribution is -2.31. The second-order valence-corrected chi connectivity index (χ2v) is 6.89. The van der Waals surface area contributed by atoms with Gasteiger partial charge in [-0.25, -0.2) is 4.98 Å². The molecule has 2 heterocycles. The summed E-state index contributed by atoms with van der Waals surface area (Å²) >= 11 is 1.31. The minimum atomic E-state index is -0.0206. The van der Waals surface area contributed by atoms with E-state index in [1.807, 2.05) is 32.0 Å². The number of aryl methyl sites for hydroxylation is 1. The maximum absolute atomic E-state index is 11.8. The molecule has 126 valence electrons. The molecule has 0 bridgehead atoms. The number of hydrogen-bond acceptors (Lipinski definition) is 5. The Labute approximate surface area is 145 Å². The molecule has 24 heavy (non-hydrogen) atoms. The Balaban J connectivity index is 1.94. The highest BCUT2D eigenvalue weighted by Crippen LogP contribution is 2.27. The van der Waals surface area contributed by atoms with E-state index >= 15 is 0 Å². The number of nitrogens with zero attached hydrogens (tertiary/aromatic N) is 4. The Kier molecular flexibility index (Phi) is 4.99. The van der Waals surface area contributed by atoms with Crippen molar-refractivity contribution in [1.82, 2.24) is 25.1 Å². The topological polar surface area (TPSA) is 72.7 Å².